The molecule has 334 valence electrons. The van der Waals surface area contributed by atoms with Crippen molar-refractivity contribution in [2.75, 3.05) is 26.8 Å². The normalized spacial score (nSPS) is 19.9. The number of benzene rings is 4. The largest absolute Gasteiger partial charge is 0.507 e. The molecule has 2 aliphatic heterocycles. The van der Waals surface area contributed by atoms with Gasteiger partial charge in [0.2, 0.25) is 0 Å². The van der Waals surface area contributed by atoms with Gasteiger partial charge in [-0.25, -0.2) is 28.5 Å². The van der Waals surface area contributed by atoms with Crippen molar-refractivity contribution in [3.63, 3.8) is 0 Å². The van der Waals surface area contributed by atoms with Crippen molar-refractivity contribution in [1.82, 2.24) is 28.5 Å². The minimum absolute atomic E-state index is 0.0717. The number of hydrogen-bond donors (Lipinski definition) is 2. The van der Waals surface area contributed by atoms with Crippen molar-refractivity contribution >= 4 is 51.7 Å². The molecule has 1 saturated heterocycles. The highest BCUT2D eigenvalue weighted by Crippen LogP contribution is 2.63. The Hall–Kier alpha value is -7.04. The first-order valence-corrected chi connectivity index (χ1v) is 21.4. The van der Waals surface area contributed by atoms with E-state index in [1.807, 2.05) is 0 Å². The lowest BCUT2D eigenvalue weighted by molar-refractivity contribution is -0.138. The average Bonchev–Trinajstić information content (AvgIpc) is 3.68. The van der Waals surface area contributed by atoms with Gasteiger partial charge in [0.05, 0.1) is 67.0 Å². The second kappa shape index (κ2) is 16.5. The highest BCUT2D eigenvalue weighted by Gasteiger charge is 2.69. The van der Waals surface area contributed by atoms with E-state index in [9.17, 15) is 19.5 Å². The first kappa shape index (κ1) is 43.2. The van der Waals surface area contributed by atoms with E-state index in [-0.39, 0.29) is 48.1 Å². The SMILES string of the molecule is C=CCc1cccc([C@H]2C3=CCn4c(=O)n(CCc5nc6cc(OC)c(OC)cc6n(C)c5=O)c(=O)n4[C@@H]3C[C@H]3C(=O)N(Nc4ccc(Cl)cc4Cl)C(=O)[C@@]23c2ccc(OC)cc2)c1O. The molecule has 2 N–H and O–H groups in total. The number of allylic oxidation sites excluding steroid dienone is 3. The quantitative estimate of drug-likeness (QED) is 0.114. The molecular formula is C47H43Cl2N7O9. The van der Waals surface area contributed by atoms with E-state index in [4.69, 9.17) is 37.4 Å². The fourth-order valence-corrected chi connectivity index (χ4v) is 10.4. The monoisotopic (exact) mass is 919 g/mol. The van der Waals surface area contributed by atoms with Crippen molar-refractivity contribution in [2.24, 2.45) is 13.0 Å². The summed E-state index contributed by atoms with van der Waals surface area (Å²) >= 11 is 12.8. The van der Waals surface area contributed by atoms with E-state index >= 15 is 9.59 Å². The number of para-hydroxylation sites is 1. The molecule has 0 bridgehead atoms. The number of aromatic hydroxyl groups is 1. The molecule has 0 radical (unpaired) electrons. The summed E-state index contributed by atoms with van der Waals surface area (Å²) in [5.74, 6) is -2.26. The molecular weight excluding hydrogens is 877 g/mol. The number of ether oxygens (including phenoxy) is 3. The number of nitrogens with one attached hydrogen (secondary N) is 1. The maximum atomic E-state index is 15.6. The number of carbonyl (C=O) groups excluding carboxylic acids is 2. The summed E-state index contributed by atoms with van der Waals surface area (Å²) in [5, 5.41) is 13.6. The number of imide groups is 1. The number of phenolic OH excluding ortho intramolecular Hbond substituents is 1. The van der Waals surface area contributed by atoms with Crippen molar-refractivity contribution in [2.45, 2.75) is 49.7 Å². The molecule has 1 aliphatic carbocycles. The van der Waals surface area contributed by atoms with Crippen LogP contribution in [0.25, 0.3) is 11.0 Å². The van der Waals surface area contributed by atoms with E-state index in [1.54, 1.807) is 85.9 Å². The van der Waals surface area contributed by atoms with E-state index < -0.39 is 52.0 Å². The van der Waals surface area contributed by atoms with Gasteiger partial charge in [0, 0.05) is 48.6 Å². The number of amides is 2. The molecule has 0 spiro atoms. The third-order valence-corrected chi connectivity index (χ3v) is 13.5. The Morgan fingerprint density at radius 1 is 0.938 bits per heavy atom. The molecule has 3 aliphatic rings. The molecule has 4 atom stereocenters. The third-order valence-electron chi connectivity index (χ3n) is 13.0. The maximum absolute atomic E-state index is 15.6. The smallest absolute Gasteiger partial charge is 0.347 e. The number of phenols is 1. The first-order chi connectivity index (χ1) is 31.3. The molecule has 16 nitrogen and oxygen atoms in total. The first-order valence-electron chi connectivity index (χ1n) is 20.7. The van der Waals surface area contributed by atoms with Gasteiger partial charge in [0.1, 0.15) is 17.2 Å². The Morgan fingerprint density at radius 2 is 1.68 bits per heavy atom. The van der Waals surface area contributed by atoms with E-state index in [1.165, 1.54) is 41.3 Å². The number of rotatable bonds is 12. The average molecular weight is 921 g/mol. The molecule has 4 aromatic carbocycles. The predicted octanol–water partition coefficient (Wildman–Crippen LogP) is 5.69. The summed E-state index contributed by atoms with van der Waals surface area (Å²) in [5.41, 5.74) is 2.68. The zero-order chi connectivity index (χ0) is 46.1. The Kier molecular flexibility index (Phi) is 11.0. The van der Waals surface area contributed by atoms with Crippen LogP contribution in [0, 0.1) is 5.92 Å². The zero-order valence-electron chi connectivity index (χ0n) is 35.7. The fourth-order valence-electron chi connectivity index (χ4n) is 9.94. The van der Waals surface area contributed by atoms with Crippen LogP contribution in [0.5, 0.6) is 23.0 Å². The summed E-state index contributed by atoms with van der Waals surface area (Å²) in [7, 11) is 6.09. The van der Waals surface area contributed by atoms with Crippen molar-refractivity contribution < 1.29 is 28.9 Å². The Labute approximate surface area is 381 Å². The van der Waals surface area contributed by atoms with Crippen LogP contribution >= 0.6 is 23.2 Å². The molecule has 4 heterocycles. The number of nitrogens with zero attached hydrogens (tertiary/aromatic N) is 6. The Balaban J connectivity index is 1.20. The molecule has 2 amide bonds. The van der Waals surface area contributed by atoms with Crippen molar-refractivity contribution in [3.8, 4) is 23.0 Å². The number of fused-ring (bicyclic) bond motifs is 5. The highest BCUT2D eigenvalue weighted by atomic mass is 35.5. The summed E-state index contributed by atoms with van der Waals surface area (Å²) < 4.78 is 21.5. The number of anilines is 1. The van der Waals surface area contributed by atoms with Crippen LogP contribution in [0.3, 0.4) is 0 Å². The second-order valence-electron chi connectivity index (χ2n) is 16.1. The number of hydrogen-bond acceptors (Lipinski definition) is 11. The molecule has 2 aromatic heterocycles. The fraction of sp³-hybridized carbons (Fsp3) is 0.277. The molecule has 1 saturated carbocycles. The van der Waals surface area contributed by atoms with Crippen LogP contribution in [-0.4, -0.2) is 66.7 Å². The van der Waals surface area contributed by atoms with E-state index in [2.05, 4.69) is 17.0 Å². The summed E-state index contributed by atoms with van der Waals surface area (Å²) in [6.45, 7) is 3.59. The number of aryl methyl sites for hydroxylation is 2. The van der Waals surface area contributed by atoms with Gasteiger partial charge in [-0.15, -0.1) is 6.58 Å². The second-order valence-corrected chi connectivity index (χ2v) is 17.0. The molecule has 9 rings (SSSR count). The summed E-state index contributed by atoms with van der Waals surface area (Å²) in [4.78, 5) is 78.1. The van der Waals surface area contributed by atoms with Gasteiger partial charge < -0.3 is 23.9 Å². The minimum atomic E-state index is -1.72. The van der Waals surface area contributed by atoms with Gasteiger partial charge in [0.15, 0.2) is 11.5 Å². The Morgan fingerprint density at radius 3 is 2.37 bits per heavy atom. The molecule has 6 aromatic rings. The maximum Gasteiger partial charge on any atom is 0.347 e. The third kappa shape index (κ3) is 6.64. The van der Waals surface area contributed by atoms with Gasteiger partial charge >= 0.3 is 11.4 Å². The van der Waals surface area contributed by atoms with E-state index in [0.717, 1.165) is 9.58 Å². The van der Waals surface area contributed by atoms with Gasteiger partial charge in [-0.05, 0) is 59.9 Å². The van der Waals surface area contributed by atoms with Gasteiger partial charge in [-0.1, -0.05) is 65.7 Å². The number of aromatic nitrogens is 5. The van der Waals surface area contributed by atoms with Crippen LogP contribution < -0.4 is 36.6 Å². The van der Waals surface area contributed by atoms with Crippen LogP contribution in [0.2, 0.25) is 10.0 Å². The number of carbonyl (C=O) groups is 2. The predicted molar refractivity (Wildman–Crippen MR) is 243 cm³/mol. The van der Waals surface area contributed by atoms with Crippen molar-refractivity contribution in [3.05, 3.63) is 161 Å². The highest BCUT2D eigenvalue weighted by molar-refractivity contribution is 6.36. The van der Waals surface area contributed by atoms with Gasteiger partial charge in [-0.2, -0.15) is 5.01 Å². The van der Waals surface area contributed by atoms with Crippen LogP contribution in [0.4, 0.5) is 5.69 Å². The lowest BCUT2D eigenvalue weighted by atomic mass is 9.53. The van der Waals surface area contributed by atoms with Crippen LogP contribution in [0.15, 0.2) is 111 Å². The number of methoxy groups -OCH3 is 3. The van der Waals surface area contributed by atoms with Gasteiger partial charge in [-0.3, -0.25) is 19.8 Å². The molecule has 0 unspecified atom stereocenters. The topological polar surface area (TPSA) is 181 Å². The lowest BCUT2D eigenvalue weighted by Gasteiger charge is -2.49. The standard InChI is InChI=1S/C47H43Cl2N7O9/c1-6-8-25-9-7-10-30(41(25)57)40-29-17-20-54-45(61)53(19-18-34-43(59)52(2)37-24-39(65-5)38(64-4)23-35(37)50-34)46(62)56(54)36(29)22-31-42(58)55(51-33-16-13-27(48)21-32(33)49)44(60)47(31,40)26-11-14-28(63-3)15-12-26/h6-7,9-17,21,23-24,31,36,40,51,57H,1,8,18-20,22H2,2-5H3/t31-,36+,40+,47+/m0/s1. The molecule has 2 fully saturated rings. The Bertz CT molecular complexity index is 3190. The van der Waals surface area contributed by atoms with Crippen LogP contribution in [0.1, 0.15) is 40.8 Å². The summed E-state index contributed by atoms with van der Waals surface area (Å²) in [6.07, 6.45) is 3.57. The number of halogens is 2. The lowest BCUT2D eigenvalue weighted by Crippen LogP contribution is -2.53. The van der Waals surface area contributed by atoms with E-state index in [0.29, 0.717) is 62.0 Å². The molecule has 65 heavy (non-hydrogen) atoms. The summed E-state index contributed by atoms with van der Waals surface area (Å²) in [6, 6.07) is 19.0. The van der Waals surface area contributed by atoms with Gasteiger partial charge in [0.25, 0.3) is 17.4 Å². The number of hydrazine groups is 1. The zero-order valence-corrected chi connectivity index (χ0v) is 37.2. The molecule has 18 heteroatoms. The van der Waals surface area contributed by atoms with Crippen molar-refractivity contribution in [1.29, 1.82) is 0 Å². The minimum Gasteiger partial charge on any atom is -0.507 e. The van der Waals surface area contributed by atoms with Crippen LogP contribution in [-0.2, 0) is 48.0 Å².